The third kappa shape index (κ3) is 984. The molecule has 0 aliphatic rings. The number of hydrogen-bond acceptors (Lipinski definition) is 1. The Kier molecular flexibility index (Phi) is 24.4. The Balaban J connectivity index is -0.0000000450. The molecule has 6 heavy (non-hydrogen) atoms. The Morgan fingerprint density at radius 3 is 1.00 bits per heavy atom. The Morgan fingerprint density at radius 2 is 1.00 bits per heavy atom. The van der Waals surface area contributed by atoms with E-state index in [-0.39, 0.29) is 17.9 Å². The molecule has 0 saturated heterocycles. The van der Waals surface area contributed by atoms with Crippen molar-refractivity contribution in [2.24, 2.45) is 0 Å². The fraction of sp³-hybridized carbons (Fsp3) is 1.00. The highest BCUT2D eigenvalue weighted by Gasteiger charge is 1.58. The molecule has 0 spiro atoms. The van der Waals surface area contributed by atoms with Crippen molar-refractivity contribution in [1.82, 2.24) is 4.90 Å². The highest BCUT2D eigenvalue weighted by atomic mass is 35.5. The van der Waals surface area contributed by atoms with E-state index in [4.69, 9.17) is 0 Å². The topological polar surface area (TPSA) is 34.7 Å². The number of halogens is 1. The largest absolute Gasteiger partial charge is 0.412 e. The standard InChI is InChI=1S/C3H9N.ClH.H2O/c1-4(2)3;;/h1-3H3;1H;1H2. The molecule has 0 radical (unpaired) electrons. The maximum absolute atomic E-state index is 2.00. The van der Waals surface area contributed by atoms with Gasteiger partial charge in [-0.1, -0.05) is 0 Å². The maximum Gasteiger partial charge on any atom is -0.0140 e. The zero-order valence-electron chi connectivity index (χ0n) is 4.36. The van der Waals surface area contributed by atoms with Crippen molar-refractivity contribution in [3.63, 3.8) is 0 Å². The Morgan fingerprint density at radius 1 is 1.00 bits per heavy atom. The van der Waals surface area contributed by atoms with Crippen molar-refractivity contribution in [2.45, 2.75) is 0 Å². The van der Waals surface area contributed by atoms with Crippen LogP contribution in [-0.2, 0) is 0 Å². The molecule has 0 aromatic carbocycles. The van der Waals surface area contributed by atoms with Gasteiger partial charge in [-0.3, -0.25) is 0 Å². The molecule has 0 bridgehead atoms. The van der Waals surface area contributed by atoms with Gasteiger partial charge in [0.15, 0.2) is 0 Å². The van der Waals surface area contributed by atoms with E-state index >= 15 is 0 Å². The Labute approximate surface area is 44.9 Å². The van der Waals surface area contributed by atoms with Crippen LogP contribution < -0.4 is 0 Å². The summed E-state index contributed by atoms with van der Waals surface area (Å²) in [6.07, 6.45) is 0. The van der Waals surface area contributed by atoms with E-state index in [1.54, 1.807) is 0 Å². The fourth-order valence-corrected chi connectivity index (χ4v) is 0. The molecular formula is C3H12ClNO. The highest BCUT2D eigenvalue weighted by molar-refractivity contribution is 5.85. The van der Waals surface area contributed by atoms with Gasteiger partial charge in [-0.05, 0) is 21.1 Å². The van der Waals surface area contributed by atoms with Crippen LogP contribution >= 0.6 is 12.4 Å². The second-order valence-electron chi connectivity index (χ2n) is 1.34. The predicted octanol–water partition coefficient (Wildman–Crippen LogP) is -0.225. The third-order valence-electron chi connectivity index (χ3n) is 0. The first kappa shape index (κ1) is 16.4. The highest BCUT2D eigenvalue weighted by Crippen LogP contribution is 1.47. The fourth-order valence-electron chi connectivity index (χ4n) is 0. The molecule has 42 valence electrons. The van der Waals surface area contributed by atoms with E-state index in [0.717, 1.165) is 0 Å². The van der Waals surface area contributed by atoms with E-state index in [9.17, 15) is 0 Å². The van der Waals surface area contributed by atoms with Gasteiger partial charge in [-0.15, -0.1) is 12.4 Å². The van der Waals surface area contributed by atoms with E-state index in [1.807, 2.05) is 26.0 Å². The molecule has 3 heteroatoms. The van der Waals surface area contributed by atoms with Crippen molar-refractivity contribution < 1.29 is 5.48 Å². The molecule has 0 atom stereocenters. The number of rotatable bonds is 0. The first-order chi connectivity index (χ1) is 1.73. The van der Waals surface area contributed by atoms with E-state index < -0.39 is 0 Å². The minimum atomic E-state index is 0. The molecule has 0 fully saturated rings. The van der Waals surface area contributed by atoms with Crippen molar-refractivity contribution in [3.8, 4) is 0 Å². The number of hydrogen-bond donors (Lipinski definition) is 0. The molecule has 0 unspecified atom stereocenters. The summed E-state index contributed by atoms with van der Waals surface area (Å²) >= 11 is 0. The van der Waals surface area contributed by atoms with Crippen molar-refractivity contribution in [1.29, 1.82) is 0 Å². The monoisotopic (exact) mass is 113 g/mol. The summed E-state index contributed by atoms with van der Waals surface area (Å²) in [5, 5.41) is 0. The van der Waals surface area contributed by atoms with Gasteiger partial charge in [-0.2, -0.15) is 0 Å². The van der Waals surface area contributed by atoms with Gasteiger partial charge >= 0.3 is 0 Å². The number of nitrogens with zero attached hydrogens (tertiary/aromatic N) is 1. The maximum atomic E-state index is 2.00. The smallest absolute Gasteiger partial charge is 0.0140 e. The summed E-state index contributed by atoms with van der Waals surface area (Å²) in [7, 11) is 6.00. The summed E-state index contributed by atoms with van der Waals surface area (Å²) in [5.41, 5.74) is 0. The summed E-state index contributed by atoms with van der Waals surface area (Å²) in [6.45, 7) is 0. The average Bonchev–Trinajstić information content (AvgIpc) is 0.811. The zero-order valence-corrected chi connectivity index (χ0v) is 5.17. The van der Waals surface area contributed by atoms with Gasteiger partial charge in [-0.25, -0.2) is 0 Å². The second-order valence-corrected chi connectivity index (χ2v) is 1.34. The quantitative estimate of drug-likeness (QED) is 0.428. The molecule has 0 saturated carbocycles. The molecule has 2 nitrogen and oxygen atoms in total. The molecule has 0 rings (SSSR count). The Bertz CT molecular complexity index is 15.5. The zero-order chi connectivity index (χ0) is 3.58. The minimum Gasteiger partial charge on any atom is -0.412 e. The van der Waals surface area contributed by atoms with Gasteiger partial charge in [0.2, 0.25) is 0 Å². The molecule has 0 heterocycles. The van der Waals surface area contributed by atoms with Crippen molar-refractivity contribution in [2.75, 3.05) is 21.1 Å². The molecule has 0 aromatic rings. The van der Waals surface area contributed by atoms with Crippen LogP contribution in [0.3, 0.4) is 0 Å². The van der Waals surface area contributed by atoms with Crippen LogP contribution in [0.2, 0.25) is 0 Å². The third-order valence-corrected chi connectivity index (χ3v) is 0. The van der Waals surface area contributed by atoms with Gasteiger partial charge in [0.25, 0.3) is 0 Å². The SMILES string of the molecule is CN(C)C.Cl.O. The van der Waals surface area contributed by atoms with Crippen LogP contribution in [0.1, 0.15) is 0 Å². The first-order valence-corrected chi connectivity index (χ1v) is 1.34. The van der Waals surface area contributed by atoms with Crippen LogP contribution in [0.25, 0.3) is 0 Å². The second kappa shape index (κ2) is 8.96. The summed E-state index contributed by atoms with van der Waals surface area (Å²) < 4.78 is 0. The molecule has 0 aromatic heterocycles. The summed E-state index contributed by atoms with van der Waals surface area (Å²) in [6, 6.07) is 0. The molecule has 0 amide bonds. The van der Waals surface area contributed by atoms with Gasteiger partial charge < -0.3 is 10.4 Å². The van der Waals surface area contributed by atoms with E-state index in [1.165, 1.54) is 0 Å². The minimum absolute atomic E-state index is 0. The lowest BCUT2D eigenvalue weighted by Gasteiger charge is -1.90. The molecule has 2 N–H and O–H groups in total. The van der Waals surface area contributed by atoms with Crippen molar-refractivity contribution in [3.05, 3.63) is 0 Å². The van der Waals surface area contributed by atoms with Crippen molar-refractivity contribution >= 4 is 12.4 Å². The van der Waals surface area contributed by atoms with Crippen LogP contribution in [0.15, 0.2) is 0 Å². The van der Waals surface area contributed by atoms with Gasteiger partial charge in [0.05, 0.1) is 0 Å². The lowest BCUT2D eigenvalue weighted by Crippen LogP contribution is -1.99. The Hall–Kier alpha value is 0.210. The van der Waals surface area contributed by atoms with Gasteiger partial charge in [0.1, 0.15) is 0 Å². The molecular weight excluding hydrogens is 101 g/mol. The first-order valence-electron chi connectivity index (χ1n) is 1.34. The van der Waals surface area contributed by atoms with Crippen LogP contribution in [0, 0.1) is 0 Å². The lowest BCUT2D eigenvalue weighted by molar-refractivity contribution is 0.505. The molecule has 0 aliphatic heterocycles. The normalized spacial score (nSPS) is 6.00. The van der Waals surface area contributed by atoms with Crippen LogP contribution in [-0.4, -0.2) is 31.5 Å². The predicted molar refractivity (Wildman–Crippen MR) is 30.5 cm³/mol. The van der Waals surface area contributed by atoms with Gasteiger partial charge in [0, 0.05) is 0 Å². The van der Waals surface area contributed by atoms with E-state index in [2.05, 4.69) is 0 Å². The van der Waals surface area contributed by atoms with E-state index in [0.29, 0.717) is 0 Å². The van der Waals surface area contributed by atoms with Crippen LogP contribution in [0.5, 0.6) is 0 Å². The average molecular weight is 114 g/mol. The summed E-state index contributed by atoms with van der Waals surface area (Å²) in [4.78, 5) is 2.00. The lowest BCUT2D eigenvalue weighted by atomic mass is 11.0. The molecule has 0 aliphatic carbocycles. The van der Waals surface area contributed by atoms with Crippen LogP contribution in [0.4, 0.5) is 0 Å². The summed E-state index contributed by atoms with van der Waals surface area (Å²) in [5.74, 6) is 0.